The lowest BCUT2D eigenvalue weighted by Gasteiger charge is -2.42. The molecule has 1 fully saturated rings. The summed E-state index contributed by atoms with van der Waals surface area (Å²) in [6.45, 7) is 6.12. The van der Waals surface area contributed by atoms with Gasteiger partial charge in [-0.05, 0) is 25.3 Å². The molecule has 1 aliphatic rings. The number of hydrogen-bond acceptors (Lipinski definition) is 6. The maximum absolute atomic E-state index is 9.36. The molecule has 3 rings (SSSR count). The summed E-state index contributed by atoms with van der Waals surface area (Å²) in [5.74, 6) is 0.712. The van der Waals surface area contributed by atoms with Gasteiger partial charge in [0.15, 0.2) is 0 Å². The van der Waals surface area contributed by atoms with E-state index in [2.05, 4.69) is 14.9 Å². The molecule has 114 valence electrons. The van der Waals surface area contributed by atoms with Gasteiger partial charge in [0.25, 0.3) is 0 Å². The van der Waals surface area contributed by atoms with Gasteiger partial charge in [-0.2, -0.15) is 0 Å². The number of nitrogens with zero attached hydrogens (tertiary/aromatic N) is 3. The minimum absolute atomic E-state index is 0.0193. The average molecular weight is 328 g/mol. The highest BCUT2D eigenvalue weighted by Crippen LogP contribution is 2.26. The molecular weight excluding hydrogens is 310 g/mol. The van der Waals surface area contributed by atoms with Gasteiger partial charge in [0.05, 0.1) is 24.9 Å². The van der Waals surface area contributed by atoms with Crippen LogP contribution in [0.2, 0.25) is 5.15 Å². The number of halogens is 1. The lowest BCUT2D eigenvalue weighted by atomic mass is 10.1. The summed E-state index contributed by atoms with van der Waals surface area (Å²) in [4.78, 5) is 12.1. The van der Waals surface area contributed by atoms with E-state index in [9.17, 15) is 5.11 Å². The number of rotatable bonds is 3. The summed E-state index contributed by atoms with van der Waals surface area (Å²) in [7, 11) is 0. The topological polar surface area (TPSA) is 58.5 Å². The van der Waals surface area contributed by atoms with E-state index >= 15 is 0 Å². The first-order chi connectivity index (χ1) is 9.97. The SMILES string of the molecule is CC1(C)CN(Cc2nc(Cl)c3ccsc3n2)CC(CO)O1. The van der Waals surface area contributed by atoms with Crippen LogP contribution in [0.15, 0.2) is 11.4 Å². The Bertz CT molecular complexity index is 646. The van der Waals surface area contributed by atoms with E-state index in [4.69, 9.17) is 16.3 Å². The molecule has 5 nitrogen and oxygen atoms in total. The van der Waals surface area contributed by atoms with Crippen molar-refractivity contribution in [2.24, 2.45) is 0 Å². The second-order valence-corrected chi connectivity index (χ2v) is 7.17. The van der Waals surface area contributed by atoms with Gasteiger partial charge in [-0.1, -0.05) is 11.6 Å². The quantitative estimate of drug-likeness (QED) is 0.877. The van der Waals surface area contributed by atoms with E-state index in [1.807, 2.05) is 25.3 Å². The summed E-state index contributed by atoms with van der Waals surface area (Å²) in [5.41, 5.74) is -0.289. The zero-order valence-electron chi connectivity index (χ0n) is 12.0. The molecule has 1 atom stereocenters. The molecule has 0 aromatic carbocycles. The van der Waals surface area contributed by atoms with E-state index in [0.29, 0.717) is 24.1 Å². The Morgan fingerprint density at radius 1 is 1.52 bits per heavy atom. The molecule has 1 N–H and O–H groups in total. The Kier molecular flexibility index (Phi) is 4.16. The molecule has 0 aliphatic carbocycles. The molecule has 0 radical (unpaired) electrons. The van der Waals surface area contributed by atoms with Crippen molar-refractivity contribution in [3.63, 3.8) is 0 Å². The maximum Gasteiger partial charge on any atom is 0.145 e. The molecule has 0 spiro atoms. The molecule has 3 heterocycles. The number of thiophene rings is 1. The molecule has 2 aromatic rings. The largest absolute Gasteiger partial charge is 0.394 e. The van der Waals surface area contributed by atoms with Crippen molar-refractivity contribution in [3.8, 4) is 0 Å². The summed E-state index contributed by atoms with van der Waals surface area (Å²) >= 11 is 7.77. The van der Waals surface area contributed by atoms with Crippen LogP contribution in [-0.4, -0.2) is 51.4 Å². The first-order valence-corrected chi connectivity index (χ1v) is 8.13. The average Bonchev–Trinajstić information content (AvgIpc) is 2.85. The van der Waals surface area contributed by atoms with Gasteiger partial charge in [-0.25, -0.2) is 9.97 Å². The summed E-state index contributed by atoms with van der Waals surface area (Å²) in [5, 5.41) is 12.7. The molecule has 0 saturated carbocycles. The smallest absolute Gasteiger partial charge is 0.145 e. The van der Waals surface area contributed by atoms with Gasteiger partial charge in [0.2, 0.25) is 0 Å². The summed E-state index contributed by atoms with van der Waals surface area (Å²) < 4.78 is 5.82. The molecular formula is C14H18ClN3O2S. The highest BCUT2D eigenvalue weighted by Gasteiger charge is 2.33. The van der Waals surface area contributed by atoms with Crippen molar-refractivity contribution in [1.29, 1.82) is 0 Å². The third kappa shape index (κ3) is 3.35. The molecule has 21 heavy (non-hydrogen) atoms. The molecule has 1 aliphatic heterocycles. The number of ether oxygens (including phenoxy) is 1. The lowest BCUT2D eigenvalue weighted by molar-refractivity contribution is -0.151. The first-order valence-electron chi connectivity index (χ1n) is 6.87. The minimum Gasteiger partial charge on any atom is -0.394 e. The zero-order chi connectivity index (χ0) is 15.0. The van der Waals surface area contributed by atoms with Crippen molar-refractivity contribution in [2.45, 2.75) is 32.1 Å². The van der Waals surface area contributed by atoms with Crippen LogP contribution < -0.4 is 0 Å². The second kappa shape index (κ2) is 5.78. The van der Waals surface area contributed by atoms with Crippen molar-refractivity contribution in [1.82, 2.24) is 14.9 Å². The third-order valence-electron chi connectivity index (χ3n) is 3.45. The van der Waals surface area contributed by atoms with Crippen LogP contribution >= 0.6 is 22.9 Å². The van der Waals surface area contributed by atoms with E-state index < -0.39 is 0 Å². The zero-order valence-corrected chi connectivity index (χ0v) is 13.6. The maximum atomic E-state index is 9.36. The van der Waals surface area contributed by atoms with Gasteiger partial charge in [0.1, 0.15) is 15.8 Å². The Hall–Kier alpha value is -0.790. The Morgan fingerprint density at radius 3 is 3.10 bits per heavy atom. The number of aliphatic hydroxyl groups is 1. The van der Waals surface area contributed by atoms with Crippen LogP contribution in [0.4, 0.5) is 0 Å². The second-order valence-electron chi connectivity index (χ2n) is 5.92. The van der Waals surface area contributed by atoms with Gasteiger partial charge in [-0.3, -0.25) is 4.90 Å². The van der Waals surface area contributed by atoms with Gasteiger partial charge < -0.3 is 9.84 Å². The highest BCUT2D eigenvalue weighted by molar-refractivity contribution is 7.16. The Labute approximate surface area is 132 Å². The number of aliphatic hydroxyl groups excluding tert-OH is 1. The minimum atomic E-state index is -0.289. The molecule has 0 amide bonds. The predicted octanol–water partition coefficient (Wildman–Crippen LogP) is 2.32. The van der Waals surface area contributed by atoms with Gasteiger partial charge in [-0.15, -0.1) is 11.3 Å². The van der Waals surface area contributed by atoms with E-state index in [1.165, 1.54) is 0 Å². The fourth-order valence-electron chi connectivity index (χ4n) is 2.76. The molecule has 1 unspecified atom stereocenters. The van der Waals surface area contributed by atoms with E-state index in [1.54, 1.807) is 11.3 Å². The lowest BCUT2D eigenvalue weighted by Crippen LogP contribution is -2.53. The monoisotopic (exact) mass is 327 g/mol. The van der Waals surface area contributed by atoms with Crippen LogP contribution in [0.5, 0.6) is 0 Å². The number of hydrogen-bond donors (Lipinski definition) is 1. The van der Waals surface area contributed by atoms with Gasteiger partial charge >= 0.3 is 0 Å². The van der Waals surface area contributed by atoms with E-state index in [-0.39, 0.29) is 18.3 Å². The highest BCUT2D eigenvalue weighted by atomic mass is 35.5. The first kappa shape index (κ1) is 15.1. The van der Waals surface area contributed by atoms with Crippen LogP contribution in [0.25, 0.3) is 10.2 Å². The standard InChI is InChI=1S/C14H18ClN3O2S/c1-14(2)8-18(5-9(7-19)20-14)6-11-16-12(15)10-3-4-21-13(10)17-11/h3-4,9,19H,5-8H2,1-2H3. The van der Waals surface area contributed by atoms with Crippen molar-refractivity contribution in [3.05, 3.63) is 22.4 Å². The Balaban J connectivity index is 1.80. The van der Waals surface area contributed by atoms with Crippen molar-refractivity contribution < 1.29 is 9.84 Å². The molecule has 2 aromatic heterocycles. The third-order valence-corrected chi connectivity index (χ3v) is 4.54. The Morgan fingerprint density at radius 2 is 2.33 bits per heavy atom. The van der Waals surface area contributed by atoms with Crippen LogP contribution in [0.3, 0.4) is 0 Å². The normalized spacial score (nSPS) is 22.8. The van der Waals surface area contributed by atoms with Crippen LogP contribution in [0.1, 0.15) is 19.7 Å². The van der Waals surface area contributed by atoms with Gasteiger partial charge in [0, 0.05) is 18.5 Å². The van der Waals surface area contributed by atoms with Crippen molar-refractivity contribution >= 4 is 33.2 Å². The molecule has 1 saturated heterocycles. The van der Waals surface area contributed by atoms with Crippen molar-refractivity contribution in [2.75, 3.05) is 19.7 Å². The number of fused-ring (bicyclic) bond motifs is 1. The number of aromatic nitrogens is 2. The predicted molar refractivity (Wildman–Crippen MR) is 83.7 cm³/mol. The fourth-order valence-corrected chi connectivity index (χ4v) is 3.85. The summed E-state index contributed by atoms with van der Waals surface area (Å²) in [6.07, 6.45) is -0.172. The van der Waals surface area contributed by atoms with Crippen LogP contribution in [-0.2, 0) is 11.3 Å². The molecule has 7 heteroatoms. The number of morpholine rings is 1. The van der Waals surface area contributed by atoms with Crippen LogP contribution in [0, 0.1) is 0 Å². The molecule has 0 bridgehead atoms. The fraction of sp³-hybridized carbons (Fsp3) is 0.571. The van der Waals surface area contributed by atoms with E-state index in [0.717, 1.165) is 16.8 Å². The summed E-state index contributed by atoms with van der Waals surface area (Å²) in [6, 6.07) is 1.94.